The number of pyridine rings is 1. The molecule has 144 valence electrons. The first kappa shape index (κ1) is 20.5. The van der Waals surface area contributed by atoms with E-state index in [-0.39, 0.29) is 0 Å². The molecule has 0 fully saturated rings. The first-order valence-electron chi connectivity index (χ1n) is 9.95. The van der Waals surface area contributed by atoms with Gasteiger partial charge < -0.3 is 10.1 Å². The summed E-state index contributed by atoms with van der Waals surface area (Å²) in [6, 6.07) is 8.74. The summed E-state index contributed by atoms with van der Waals surface area (Å²) < 4.78 is 5.45. The summed E-state index contributed by atoms with van der Waals surface area (Å²) in [7, 11) is 1.71. The second-order valence-electron chi connectivity index (χ2n) is 7.56. The number of rotatable bonds is 11. The molecule has 0 saturated carbocycles. The molecule has 4 nitrogen and oxygen atoms in total. The van der Waals surface area contributed by atoms with Gasteiger partial charge in [-0.1, -0.05) is 39.7 Å². The molecular formula is C22H35N3O. The Kier molecular flexibility index (Phi) is 8.17. The van der Waals surface area contributed by atoms with Gasteiger partial charge in [-0.2, -0.15) is 0 Å². The number of hydrogen-bond donors (Lipinski definition) is 1. The van der Waals surface area contributed by atoms with Crippen LogP contribution in [0.2, 0.25) is 0 Å². The zero-order valence-electron chi connectivity index (χ0n) is 17.1. The summed E-state index contributed by atoms with van der Waals surface area (Å²) >= 11 is 0. The van der Waals surface area contributed by atoms with Gasteiger partial charge in [0.1, 0.15) is 5.75 Å². The van der Waals surface area contributed by atoms with Crippen LogP contribution in [0.1, 0.15) is 47.0 Å². The van der Waals surface area contributed by atoms with E-state index in [4.69, 9.17) is 4.74 Å². The first-order valence-corrected chi connectivity index (χ1v) is 9.95. The van der Waals surface area contributed by atoms with Crippen LogP contribution >= 0.6 is 0 Å². The van der Waals surface area contributed by atoms with Crippen molar-refractivity contribution in [2.75, 3.05) is 32.1 Å². The average molecular weight is 358 g/mol. The molecule has 1 unspecified atom stereocenters. The molecule has 2 aromatic rings. The van der Waals surface area contributed by atoms with Crippen molar-refractivity contribution in [2.24, 2.45) is 5.92 Å². The van der Waals surface area contributed by atoms with Crippen LogP contribution in [0.25, 0.3) is 10.9 Å². The van der Waals surface area contributed by atoms with Gasteiger partial charge in [-0.15, -0.1) is 0 Å². The fourth-order valence-corrected chi connectivity index (χ4v) is 3.39. The molecule has 0 radical (unpaired) electrons. The van der Waals surface area contributed by atoms with Gasteiger partial charge >= 0.3 is 0 Å². The fraction of sp³-hybridized carbons (Fsp3) is 0.591. The van der Waals surface area contributed by atoms with E-state index in [1.165, 1.54) is 19.3 Å². The van der Waals surface area contributed by atoms with E-state index in [0.717, 1.165) is 42.0 Å². The second-order valence-corrected chi connectivity index (χ2v) is 7.56. The lowest BCUT2D eigenvalue weighted by Crippen LogP contribution is -2.39. The maximum absolute atomic E-state index is 5.45. The van der Waals surface area contributed by atoms with Gasteiger partial charge in [0, 0.05) is 43.3 Å². The van der Waals surface area contributed by atoms with E-state index in [0.29, 0.717) is 12.0 Å². The second kappa shape index (κ2) is 10.4. The van der Waals surface area contributed by atoms with Crippen molar-refractivity contribution in [1.29, 1.82) is 0 Å². The Labute approximate surface area is 159 Å². The van der Waals surface area contributed by atoms with Crippen LogP contribution in [0.15, 0.2) is 30.5 Å². The zero-order valence-corrected chi connectivity index (χ0v) is 17.1. The molecule has 0 spiro atoms. The van der Waals surface area contributed by atoms with Crippen molar-refractivity contribution in [1.82, 2.24) is 9.88 Å². The van der Waals surface area contributed by atoms with Crippen LogP contribution in [0.3, 0.4) is 0 Å². The number of nitrogens with zero attached hydrogens (tertiary/aromatic N) is 2. The van der Waals surface area contributed by atoms with E-state index in [9.17, 15) is 0 Å². The van der Waals surface area contributed by atoms with Crippen molar-refractivity contribution in [3.63, 3.8) is 0 Å². The minimum atomic E-state index is 0.624. The molecule has 2 rings (SSSR count). The molecular weight excluding hydrogens is 322 g/mol. The predicted octanol–water partition coefficient (Wildman–Crippen LogP) is 5.19. The Morgan fingerprint density at radius 2 is 2.04 bits per heavy atom. The monoisotopic (exact) mass is 357 g/mol. The highest BCUT2D eigenvalue weighted by Crippen LogP contribution is 2.27. The van der Waals surface area contributed by atoms with Crippen molar-refractivity contribution in [2.45, 2.75) is 53.0 Å². The number of anilines is 1. The SMILES string of the molecule is CCCCC(C)N(CCNc1cc(OC)cc2cccnc12)CC(C)C. The fourth-order valence-electron chi connectivity index (χ4n) is 3.39. The first-order chi connectivity index (χ1) is 12.5. The largest absolute Gasteiger partial charge is 0.497 e. The highest BCUT2D eigenvalue weighted by atomic mass is 16.5. The Hall–Kier alpha value is -1.81. The third-order valence-electron chi connectivity index (χ3n) is 4.83. The minimum absolute atomic E-state index is 0.624. The van der Waals surface area contributed by atoms with Crippen molar-refractivity contribution >= 4 is 16.6 Å². The van der Waals surface area contributed by atoms with Crippen LogP contribution in [-0.2, 0) is 0 Å². The van der Waals surface area contributed by atoms with Gasteiger partial charge in [-0.25, -0.2) is 0 Å². The summed E-state index contributed by atoms with van der Waals surface area (Å²) in [6.45, 7) is 12.3. The Bertz CT molecular complexity index is 671. The summed E-state index contributed by atoms with van der Waals surface area (Å²) in [6.07, 6.45) is 5.68. The number of benzene rings is 1. The van der Waals surface area contributed by atoms with Gasteiger partial charge in [0.05, 0.1) is 18.3 Å². The van der Waals surface area contributed by atoms with Crippen LogP contribution < -0.4 is 10.1 Å². The zero-order chi connectivity index (χ0) is 18.9. The van der Waals surface area contributed by atoms with E-state index in [1.54, 1.807) is 7.11 Å². The Morgan fingerprint density at radius 3 is 2.73 bits per heavy atom. The molecule has 26 heavy (non-hydrogen) atoms. The smallest absolute Gasteiger partial charge is 0.121 e. The summed E-state index contributed by atoms with van der Waals surface area (Å²) in [5.74, 6) is 1.54. The predicted molar refractivity (Wildman–Crippen MR) is 112 cm³/mol. The van der Waals surface area contributed by atoms with Crippen LogP contribution in [-0.4, -0.2) is 42.7 Å². The van der Waals surface area contributed by atoms with Gasteiger partial charge in [-0.05, 0) is 31.4 Å². The number of nitrogens with one attached hydrogen (secondary N) is 1. The maximum atomic E-state index is 5.45. The molecule has 0 amide bonds. The van der Waals surface area contributed by atoms with Crippen molar-refractivity contribution in [3.05, 3.63) is 30.5 Å². The molecule has 0 bridgehead atoms. The van der Waals surface area contributed by atoms with Gasteiger partial charge in [0.15, 0.2) is 0 Å². The van der Waals surface area contributed by atoms with E-state index < -0.39 is 0 Å². The molecule has 1 atom stereocenters. The van der Waals surface area contributed by atoms with Crippen LogP contribution in [0.4, 0.5) is 5.69 Å². The number of fused-ring (bicyclic) bond motifs is 1. The lowest BCUT2D eigenvalue weighted by atomic mass is 10.1. The third-order valence-corrected chi connectivity index (χ3v) is 4.83. The number of aromatic nitrogens is 1. The van der Waals surface area contributed by atoms with Crippen molar-refractivity contribution in [3.8, 4) is 5.75 Å². The number of unbranched alkanes of at least 4 members (excludes halogenated alkanes) is 1. The summed E-state index contributed by atoms with van der Waals surface area (Å²) in [5.41, 5.74) is 2.05. The van der Waals surface area contributed by atoms with Crippen LogP contribution in [0, 0.1) is 5.92 Å². The maximum Gasteiger partial charge on any atom is 0.121 e. The number of ether oxygens (including phenoxy) is 1. The normalized spacial score (nSPS) is 12.7. The summed E-state index contributed by atoms with van der Waals surface area (Å²) in [5, 5.41) is 4.69. The highest BCUT2D eigenvalue weighted by molar-refractivity contribution is 5.91. The third kappa shape index (κ3) is 5.87. The lowest BCUT2D eigenvalue weighted by molar-refractivity contribution is 0.182. The van der Waals surface area contributed by atoms with Crippen molar-refractivity contribution < 1.29 is 4.74 Å². The minimum Gasteiger partial charge on any atom is -0.497 e. The Balaban J connectivity index is 2.05. The number of hydrogen-bond acceptors (Lipinski definition) is 4. The molecule has 0 saturated heterocycles. The molecule has 4 heteroatoms. The quantitative estimate of drug-likeness (QED) is 0.600. The molecule has 1 aromatic heterocycles. The molecule has 1 N–H and O–H groups in total. The molecule has 0 aliphatic rings. The van der Waals surface area contributed by atoms with Gasteiger partial charge in [0.25, 0.3) is 0 Å². The number of methoxy groups -OCH3 is 1. The average Bonchev–Trinajstić information content (AvgIpc) is 2.64. The standard InChI is InChI=1S/C22H35N3O/c1-6-7-9-18(4)25(16-17(2)3)13-12-23-21-15-20(26-5)14-19-10-8-11-24-22(19)21/h8,10-11,14-15,17-18,23H,6-7,9,12-13,16H2,1-5H3. The topological polar surface area (TPSA) is 37.4 Å². The molecule has 0 aliphatic carbocycles. The van der Waals surface area contributed by atoms with Crippen LogP contribution in [0.5, 0.6) is 5.75 Å². The summed E-state index contributed by atoms with van der Waals surface area (Å²) in [4.78, 5) is 7.16. The Morgan fingerprint density at radius 1 is 1.23 bits per heavy atom. The lowest BCUT2D eigenvalue weighted by Gasteiger charge is -2.31. The highest BCUT2D eigenvalue weighted by Gasteiger charge is 2.15. The molecule has 1 aromatic carbocycles. The van der Waals surface area contributed by atoms with E-state index in [1.807, 2.05) is 24.4 Å². The van der Waals surface area contributed by atoms with Gasteiger partial charge in [-0.3, -0.25) is 9.88 Å². The van der Waals surface area contributed by atoms with E-state index in [2.05, 4.69) is 49.0 Å². The van der Waals surface area contributed by atoms with E-state index >= 15 is 0 Å². The molecule has 1 heterocycles. The van der Waals surface area contributed by atoms with Gasteiger partial charge in [0.2, 0.25) is 0 Å². The molecule has 0 aliphatic heterocycles.